The molecule has 0 aromatic heterocycles. The molecular formula is C16H17F3N2O2S. The number of hydrogen-bond donors (Lipinski definition) is 1. The minimum Gasteiger partial charge on any atom is -0.352 e. The highest BCUT2D eigenvalue weighted by Gasteiger charge is 2.37. The van der Waals surface area contributed by atoms with Gasteiger partial charge in [0.25, 0.3) is 5.91 Å². The third kappa shape index (κ3) is 4.23. The number of carbonyl (C=O) groups is 2. The van der Waals surface area contributed by atoms with Gasteiger partial charge in [-0.3, -0.25) is 9.59 Å². The molecule has 0 spiro atoms. The van der Waals surface area contributed by atoms with Crippen LogP contribution in [0.4, 0.5) is 13.2 Å². The van der Waals surface area contributed by atoms with Crippen molar-refractivity contribution in [1.29, 1.82) is 0 Å². The summed E-state index contributed by atoms with van der Waals surface area (Å²) in [7, 11) is 0. The standard InChI is InChI=1S/C16H17F3N2O2S/c17-16(18,19)24-12-7-3-10(4-8-12)15(23)21-9-1-2-13(21)14(22)20-11-5-6-11/h3-4,7-8,11,13H,1-2,5-6,9H2,(H,20,22)/t13-/m0/s1. The average molecular weight is 358 g/mol. The molecule has 1 heterocycles. The smallest absolute Gasteiger partial charge is 0.352 e. The quantitative estimate of drug-likeness (QED) is 0.841. The largest absolute Gasteiger partial charge is 0.446 e. The van der Waals surface area contributed by atoms with Crippen molar-refractivity contribution in [2.75, 3.05) is 6.54 Å². The molecule has 1 aromatic rings. The lowest BCUT2D eigenvalue weighted by Crippen LogP contribution is -2.46. The van der Waals surface area contributed by atoms with Gasteiger partial charge in [-0.15, -0.1) is 0 Å². The van der Waals surface area contributed by atoms with Gasteiger partial charge in [0.15, 0.2) is 0 Å². The Balaban J connectivity index is 1.67. The van der Waals surface area contributed by atoms with Gasteiger partial charge in [0.2, 0.25) is 5.91 Å². The molecule has 2 fully saturated rings. The number of rotatable bonds is 4. The van der Waals surface area contributed by atoms with E-state index in [1.54, 1.807) is 0 Å². The lowest BCUT2D eigenvalue weighted by Gasteiger charge is -2.24. The van der Waals surface area contributed by atoms with E-state index in [1.165, 1.54) is 29.2 Å². The third-order valence-electron chi connectivity index (χ3n) is 4.07. The molecule has 1 atom stereocenters. The number of amides is 2. The van der Waals surface area contributed by atoms with Gasteiger partial charge in [-0.25, -0.2) is 0 Å². The lowest BCUT2D eigenvalue weighted by molar-refractivity contribution is -0.125. The van der Waals surface area contributed by atoms with E-state index in [2.05, 4.69) is 5.32 Å². The molecule has 1 aromatic carbocycles. The first-order chi connectivity index (χ1) is 11.3. The highest BCUT2D eigenvalue weighted by Crippen LogP contribution is 2.36. The van der Waals surface area contributed by atoms with Crippen LogP contribution in [0.25, 0.3) is 0 Å². The van der Waals surface area contributed by atoms with Gasteiger partial charge in [-0.05, 0) is 61.7 Å². The maximum Gasteiger partial charge on any atom is 0.446 e. The first kappa shape index (κ1) is 17.1. The van der Waals surface area contributed by atoms with E-state index in [0.717, 1.165) is 19.3 Å². The van der Waals surface area contributed by atoms with Gasteiger partial charge in [-0.2, -0.15) is 13.2 Å². The molecule has 0 unspecified atom stereocenters. The maximum atomic E-state index is 12.6. The summed E-state index contributed by atoms with van der Waals surface area (Å²) in [5.74, 6) is -0.445. The molecule has 1 aliphatic carbocycles. The molecule has 8 heteroatoms. The van der Waals surface area contributed by atoms with Gasteiger partial charge in [-0.1, -0.05) is 0 Å². The topological polar surface area (TPSA) is 49.4 Å². The van der Waals surface area contributed by atoms with E-state index >= 15 is 0 Å². The normalized spacial score (nSPS) is 21.0. The molecule has 4 nitrogen and oxygen atoms in total. The zero-order valence-corrected chi connectivity index (χ0v) is 13.6. The van der Waals surface area contributed by atoms with Gasteiger partial charge in [0.05, 0.1) is 0 Å². The Bertz CT molecular complexity index is 629. The minimum atomic E-state index is -4.35. The molecule has 130 valence electrons. The summed E-state index contributed by atoms with van der Waals surface area (Å²) in [4.78, 5) is 26.3. The van der Waals surface area contributed by atoms with Crippen LogP contribution in [0.3, 0.4) is 0 Å². The monoisotopic (exact) mass is 358 g/mol. The summed E-state index contributed by atoms with van der Waals surface area (Å²) in [5.41, 5.74) is -4.06. The van der Waals surface area contributed by atoms with Crippen LogP contribution in [0.2, 0.25) is 0 Å². The number of nitrogens with one attached hydrogen (secondary N) is 1. The Morgan fingerprint density at radius 1 is 1.12 bits per heavy atom. The number of likely N-dealkylation sites (tertiary alicyclic amines) is 1. The van der Waals surface area contributed by atoms with Gasteiger partial charge in [0.1, 0.15) is 6.04 Å². The Kier molecular flexibility index (Phi) is 4.76. The lowest BCUT2D eigenvalue weighted by atomic mass is 10.1. The third-order valence-corrected chi connectivity index (χ3v) is 4.81. The second-order valence-corrected chi connectivity index (χ2v) is 7.15. The fourth-order valence-electron chi connectivity index (χ4n) is 2.77. The number of thioether (sulfide) groups is 1. The second-order valence-electron chi connectivity index (χ2n) is 6.01. The van der Waals surface area contributed by atoms with Crippen LogP contribution in [0, 0.1) is 0 Å². The molecule has 1 aliphatic heterocycles. The Labute approximate surface area is 141 Å². The Morgan fingerprint density at radius 3 is 2.38 bits per heavy atom. The van der Waals surface area contributed by atoms with E-state index in [4.69, 9.17) is 0 Å². The molecule has 1 N–H and O–H groups in total. The fourth-order valence-corrected chi connectivity index (χ4v) is 3.31. The molecule has 1 saturated carbocycles. The fraction of sp³-hybridized carbons (Fsp3) is 0.500. The number of hydrogen-bond acceptors (Lipinski definition) is 3. The zero-order valence-electron chi connectivity index (χ0n) is 12.8. The molecule has 24 heavy (non-hydrogen) atoms. The first-order valence-electron chi connectivity index (χ1n) is 7.80. The summed E-state index contributed by atoms with van der Waals surface area (Å²) >= 11 is -0.216. The highest BCUT2D eigenvalue weighted by molar-refractivity contribution is 8.00. The molecule has 0 radical (unpaired) electrons. The van der Waals surface area contributed by atoms with Crippen molar-refractivity contribution in [1.82, 2.24) is 10.2 Å². The molecule has 3 rings (SSSR count). The van der Waals surface area contributed by atoms with Crippen LogP contribution < -0.4 is 5.32 Å². The summed E-state index contributed by atoms with van der Waals surface area (Å²) in [6, 6.07) is 5.06. The van der Waals surface area contributed by atoms with Crippen LogP contribution in [-0.4, -0.2) is 40.9 Å². The molecule has 2 amide bonds. The number of carbonyl (C=O) groups excluding carboxylic acids is 2. The van der Waals surface area contributed by atoms with Gasteiger partial charge >= 0.3 is 5.51 Å². The Morgan fingerprint density at radius 2 is 1.79 bits per heavy atom. The number of halogens is 3. The number of benzene rings is 1. The minimum absolute atomic E-state index is 0.0310. The maximum absolute atomic E-state index is 12.6. The number of alkyl halides is 3. The van der Waals surface area contributed by atoms with Gasteiger partial charge in [0, 0.05) is 23.0 Å². The summed E-state index contributed by atoms with van der Waals surface area (Å²) in [6.45, 7) is 0.487. The van der Waals surface area contributed by atoms with E-state index in [1.807, 2.05) is 0 Å². The van der Waals surface area contributed by atoms with Crippen molar-refractivity contribution in [2.45, 2.75) is 48.2 Å². The zero-order chi connectivity index (χ0) is 17.3. The van der Waals surface area contributed by atoms with Crippen LogP contribution in [0.15, 0.2) is 29.2 Å². The molecule has 1 saturated heterocycles. The first-order valence-corrected chi connectivity index (χ1v) is 8.62. The van der Waals surface area contributed by atoms with Crippen LogP contribution in [-0.2, 0) is 4.79 Å². The van der Waals surface area contributed by atoms with E-state index in [-0.39, 0.29) is 34.5 Å². The van der Waals surface area contributed by atoms with E-state index in [0.29, 0.717) is 18.5 Å². The van der Waals surface area contributed by atoms with Crippen LogP contribution >= 0.6 is 11.8 Å². The molecule has 2 aliphatic rings. The Hall–Kier alpha value is -1.70. The van der Waals surface area contributed by atoms with E-state index < -0.39 is 11.6 Å². The highest BCUT2D eigenvalue weighted by atomic mass is 32.2. The van der Waals surface area contributed by atoms with Crippen molar-refractivity contribution >= 4 is 23.6 Å². The van der Waals surface area contributed by atoms with E-state index in [9.17, 15) is 22.8 Å². The summed E-state index contributed by atoms with van der Waals surface area (Å²) < 4.78 is 37.0. The van der Waals surface area contributed by atoms with Gasteiger partial charge < -0.3 is 10.2 Å². The molecular weight excluding hydrogens is 341 g/mol. The molecule has 0 bridgehead atoms. The second kappa shape index (κ2) is 6.66. The SMILES string of the molecule is O=C(NC1CC1)[C@@H]1CCCN1C(=O)c1ccc(SC(F)(F)F)cc1. The van der Waals surface area contributed by atoms with Crippen molar-refractivity contribution in [3.63, 3.8) is 0 Å². The van der Waals surface area contributed by atoms with Crippen molar-refractivity contribution in [2.24, 2.45) is 0 Å². The predicted octanol–water partition coefficient (Wildman–Crippen LogP) is 3.18. The summed E-state index contributed by atoms with van der Waals surface area (Å²) in [6.07, 6.45) is 3.32. The predicted molar refractivity (Wildman–Crippen MR) is 83.6 cm³/mol. The summed E-state index contributed by atoms with van der Waals surface area (Å²) in [5, 5.41) is 2.91. The van der Waals surface area contributed by atoms with Crippen LogP contribution in [0.1, 0.15) is 36.0 Å². The van der Waals surface area contributed by atoms with Crippen molar-refractivity contribution in [3.8, 4) is 0 Å². The number of nitrogens with zero attached hydrogens (tertiary/aromatic N) is 1. The van der Waals surface area contributed by atoms with Crippen molar-refractivity contribution < 1.29 is 22.8 Å². The van der Waals surface area contributed by atoms with Crippen LogP contribution in [0.5, 0.6) is 0 Å². The average Bonchev–Trinajstić information content (AvgIpc) is 3.18. The van der Waals surface area contributed by atoms with Crippen molar-refractivity contribution in [3.05, 3.63) is 29.8 Å².